The fourth-order valence-corrected chi connectivity index (χ4v) is 3.16. The molecule has 1 aromatic carbocycles. The number of nitrogens with zero attached hydrogens (tertiary/aromatic N) is 1. The lowest BCUT2D eigenvalue weighted by Crippen LogP contribution is -1.98. The van der Waals surface area contributed by atoms with Gasteiger partial charge in [0.15, 0.2) is 0 Å². The van der Waals surface area contributed by atoms with Crippen LogP contribution in [0.3, 0.4) is 0 Å². The van der Waals surface area contributed by atoms with Gasteiger partial charge in [0.1, 0.15) is 0 Å². The Morgan fingerprint density at radius 2 is 2.05 bits per heavy atom. The summed E-state index contributed by atoms with van der Waals surface area (Å²) in [7, 11) is 0. The van der Waals surface area contributed by atoms with Gasteiger partial charge in [-0.2, -0.15) is 0 Å². The zero-order chi connectivity index (χ0) is 14.7. The molecule has 0 bridgehead atoms. The first-order valence-corrected chi connectivity index (χ1v) is 7.40. The Balaban J connectivity index is 1.74. The largest absolute Gasteiger partial charge is 0.481 e. The van der Waals surface area contributed by atoms with Gasteiger partial charge in [-0.25, -0.2) is 0 Å². The van der Waals surface area contributed by atoms with Gasteiger partial charge in [0.2, 0.25) is 0 Å². The summed E-state index contributed by atoms with van der Waals surface area (Å²) in [6.07, 6.45) is 3.72. The third-order valence-corrected chi connectivity index (χ3v) is 4.26. The van der Waals surface area contributed by atoms with Crippen molar-refractivity contribution in [1.82, 2.24) is 4.98 Å². The van der Waals surface area contributed by atoms with Crippen LogP contribution in [0.4, 0.5) is 5.69 Å². The first-order valence-electron chi connectivity index (χ1n) is 6.58. The number of hydrogen-bond acceptors (Lipinski definition) is 4. The Kier molecular flexibility index (Phi) is 3.83. The number of hydrogen-bond donors (Lipinski definition) is 2. The van der Waals surface area contributed by atoms with E-state index < -0.39 is 5.97 Å². The average Bonchev–Trinajstić information content (AvgIpc) is 2.92. The summed E-state index contributed by atoms with van der Waals surface area (Å²) in [6.45, 7) is 0.679. The molecule has 4 nitrogen and oxygen atoms in total. The van der Waals surface area contributed by atoms with Crippen LogP contribution in [0, 0.1) is 0 Å². The van der Waals surface area contributed by atoms with Crippen molar-refractivity contribution in [2.24, 2.45) is 0 Å². The van der Waals surface area contributed by atoms with Gasteiger partial charge in [-0.05, 0) is 29.7 Å². The molecule has 0 amide bonds. The molecule has 0 fully saturated rings. The van der Waals surface area contributed by atoms with Gasteiger partial charge in [0, 0.05) is 39.8 Å². The lowest BCUT2D eigenvalue weighted by molar-refractivity contribution is -0.136. The predicted molar refractivity (Wildman–Crippen MR) is 84.7 cm³/mol. The van der Waals surface area contributed by atoms with E-state index in [1.807, 2.05) is 36.5 Å². The summed E-state index contributed by atoms with van der Waals surface area (Å²) in [5, 5.41) is 14.4. The highest BCUT2D eigenvalue weighted by atomic mass is 32.1. The van der Waals surface area contributed by atoms with Crippen LogP contribution in [-0.2, 0) is 17.8 Å². The standard InChI is InChI=1S/C16H14N2O2S/c19-16(20)8-12-4-5-13(21-12)9-18-15-3-1-2-11-6-7-17-10-14(11)15/h1-7,10,18H,8-9H2,(H,19,20). The Hall–Kier alpha value is -2.40. The fraction of sp³-hybridized carbons (Fsp3) is 0.125. The molecule has 0 aliphatic rings. The highest BCUT2D eigenvalue weighted by Gasteiger charge is 2.05. The number of carboxylic acid groups (broad SMARTS) is 1. The van der Waals surface area contributed by atoms with Crippen molar-refractivity contribution < 1.29 is 9.90 Å². The minimum absolute atomic E-state index is 0.0862. The molecule has 2 heterocycles. The molecule has 0 aliphatic heterocycles. The second-order valence-corrected chi connectivity index (χ2v) is 5.95. The molecule has 5 heteroatoms. The molecule has 2 aromatic heterocycles. The monoisotopic (exact) mass is 298 g/mol. The number of pyridine rings is 1. The molecular weight excluding hydrogens is 284 g/mol. The SMILES string of the molecule is O=C(O)Cc1ccc(CNc2cccc3ccncc23)s1. The van der Waals surface area contributed by atoms with Crippen LogP contribution in [0.15, 0.2) is 48.8 Å². The molecule has 106 valence electrons. The normalized spacial score (nSPS) is 10.7. The highest BCUT2D eigenvalue weighted by Crippen LogP contribution is 2.24. The van der Waals surface area contributed by atoms with Crippen LogP contribution in [0.2, 0.25) is 0 Å². The topological polar surface area (TPSA) is 62.2 Å². The minimum Gasteiger partial charge on any atom is -0.481 e. The first-order chi connectivity index (χ1) is 10.2. The number of thiophene rings is 1. The summed E-state index contributed by atoms with van der Waals surface area (Å²) >= 11 is 1.53. The quantitative estimate of drug-likeness (QED) is 0.756. The van der Waals surface area contributed by atoms with Crippen LogP contribution in [0.25, 0.3) is 10.8 Å². The van der Waals surface area contributed by atoms with E-state index in [1.165, 1.54) is 11.3 Å². The van der Waals surface area contributed by atoms with Crippen molar-refractivity contribution in [3.63, 3.8) is 0 Å². The second-order valence-electron chi connectivity index (χ2n) is 4.69. The summed E-state index contributed by atoms with van der Waals surface area (Å²) in [4.78, 5) is 16.8. The number of anilines is 1. The van der Waals surface area contributed by atoms with E-state index in [0.717, 1.165) is 26.2 Å². The molecule has 21 heavy (non-hydrogen) atoms. The maximum Gasteiger partial charge on any atom is 0.308 e. The molecule has 0 radical (unpaired) electrons. The second kappa shape index (κ2) is 5.93. The number of fused-ring (bicyclic) bond motifs is 1. The Morgan fingerprint density at radius 1 is 1.19 bits per heavy atom. The minimum atomic E-state index is -0.795. The molecule has 0 spiro atoms. The predicted octanol–water partition coefficient (Wildman–Crippen LogP) is 3.54. The molecular formula is C16H14N2O2S. The van der Waals surface area contributed by atoms with Gasteiger partial charge in [-0.1, -0.05) is 12.1 Å². The first kappa shape index (κ1) is 13.6. The van der Waals surface area contributed by atoms with Crippen LogP contribution in [0.5, 0.6) is 0 Å². The lowest BCUT2D eigenvalue weighted by Gasteiger charge is -2.08. The number of benzene rings is 1. The van der Waals surface area contributed by atoms with Gasteiger partial charge in [-0.3, -0.25) is 9.78 Å². The molecule has 0 aliphatic carbocycles. The highest BCUT2D eigenvalue weighted by molar-refractivity contribution is 7.12. The number of rotatable bonds is 5. The van der Waals surface area contributed by atoms with Crippen LogP contribution >= 0.6 is 11.3 Å². The number of aromatic nitrogens is 1. The van der Waals surface area contributed by atoms with Crippen LogP contribution < -0.4 is 5.32 Å². The molecule has 0 unspecified atom stereocenters. The summed E-state index contributed by atoms with van der Waals surface area (Å²) in [5.41, 5.74) is 1.04. The van der Waals surface area contributed by atoms with Crippen molar-refractivity contribution in [3.8, 4) is 0 Å². The average molecular weight is 298 g/mol. The van der Waals surface area contributed by atoms with Crippen LogP contribution in [0.1, 0.15) is 9.75 Å². The smallest absolute Gasteiger partial charge is 0.308 e. The number of nitrogens with one attached hydrogen (secondary N) is 1. The maximum atomic E-state index is 10.7. The third kappa shape index (κ3) is 3.20. The molecule has 0 saturated carbocycles. The summed E-state index contributed by atoms with van der Waals surface area (Å²) < 4.78 is 0. The number of carboxylic acids is 1. The van der Waals surface area contributed by atoms with E-state index in [2.05, 4.69) is 16.4 Å². The molecule has 0 atom stereocenters. The van der Waals surface area contributed by atoms with Crippen molar-refractivity contribution in [3.05, 3.63) is 58.5 Å². The van der Waals surface area contributed by atoms with Gasteiger partial charge < -0.3 is 10.4 Å². The Morgan fingerprint density at radius 3 is 2.90 bits per heavy atom. The number of aliphatic carboxylic acids is 1. The van der Waals surface area contributed by atoms with Crippen molar-refractivity contribution in [1.29, 1.82) is 0 Å². The molecule has 0 saturated heterocycles. The van der Waals surface area contributed by atoms with E-state index in [1.54, 1.807) is 6.20 Å². The third-order valence-electron chi connectivity index (χ3n) is 3.18. The number of carbonyl (C=O) groups is 1. The maximum absolute atomic E-state index is 10.7. The molecule has 2 N–H and O–H groups in total. The van der Waals surface area contributed by atoms with Gasteiger partial charge >= 0.3 is 5.97 Å². The summed E-state index contributed by atoms with van der Waals surface area (Å²) in [6, 6.07) is 11.9. The van der Waals surface area contributed by atoms with Crippen molar-refractivity contribution >= 4 is 33.8 Å². The van der Waals surface area contributed by atoms with Crippen LogP contribution in [-0.4, -0.2) is 16.1 Å². The Labute approximate surface area is 126 Å². The van der Waals surface area contributed by atoms with E-state index >= 15 is 0 Å². The van der Waals surface area contributed by atoms with E-state index in [9.17, 15) is 4.79 Å². The van der Waals surface area contributed by atoms with Crippen molar-refractivity contribution in [2.45, 2.75) is 13.0 Å². The van der Waals surface area contributed by atoms with E-state index in [-0.39, 0.29) is 6.42 Å². The molecule has 3 rings (SSSR count). The lowest BCUT2D eigenvalue weighted by atomic mass is 10.1. The fourth-order valence-electron chi connectivity index (χ4n) is 2.21. The Bertz CT molecular complexity index is 777. The zero-order valence-electron chi connectivity index (χ0n) is 11.2. The van der Waals surface area contributed by atoms with E-state index in [0.29, 0.717) is 6.54 Å². The van der Waals surface area contributed by atoms with Gasteiger partial charge in [-0.15, -0.1) is 11.3 Å². The zero-order valence-corrected chi connectivity index (χ0v) is 12.1. The van der Waals surface area contributed by atoms with Gasteiger partial charge in [0.25, 0.3) is 0 Å². The van der Waals surface area contributed by atoms with Gasteiger partial charge in [0.05, 0.1) is 6.42 Å². The van der Waals surface area contributed by atoms with Crippen molar-refractivity contribution in [2.75, 3.05) is 5.32 Å². The van der Waals surface area contributed by atoms with E-state index in [4.69, 9.17) is 5.11 Å². The summed E-state index contributed by atoms with van der Waals surface area (Å²) in [5.74, 6) is -0.795. The molecule has 3 aromatic rings.